The second-order valence-electron chi connectivity index (χ2n) is 10.4. The molecule has 0 saturated carbocycles. The molecule has 206 valence electrons. The van der Waals surface area contributed by atoms with Crippen molar-refractivity contribution in [3.63, 3.8) is 0 Å². The molecule has 1 aliphatic heterocycles. The van der Waals surface area contributed by atoms with Gasteiger partial charge in [0.15, 0.2) is 5.82 Å². The van der Waals surface area contributed by atoms with Gasteiger partial charge in [0.05, 0.1) is 23.6 Å². The molecule has 11 heteroatoms. The molecule has 0 amide bonds. The molecule has 40 heavy (non-hydrogen) atoms. The molecule has 0 radical (unpaired) electrons. The highest BCUT2D eigenvalue weighted by Gasteiger charge is 2.21. The number of fused-ring (bicyclic) bond motifs is 1. The summed E-state index contributed by atoms with van der Waals surface area (Å²) in [6.45, 7) is 5.41. The first-order chi connectivity index (χ1) is 19.2. The largest absolute Gasteiger partial charge is 0.370 e. The maximum Gasteiger partial charge on any atom is 0.269 e. The van der Waals surface area contributed by atoms with Gasteiger partial charge in [-0.2, -0.15) is 5.26 Å². The minimum atomic E-state index is -0.749. The van der Waals surface area contributed by atoms with Gasteiger partial charge in [0.2, 0.25) is 5.95 Å². The Kier molecular flexibility index (Phi) is 7.45. The molecule has 1 aliphatic rings. The number of hydrogen-bond acceptors (Lipinski definition) is 8. The highest BCUT2D eigenvalue weighted by Crippen LogP contribution is 2.30. The summed E-state index contributed by atoms with van der Waals surface area (Å²) in [5, 5.41) is 12.4. The van der Waals surface area contributed by atoms with Crippen molar-refractivity contribution in [3.05, 3.63) is 70.3 Å². The first-order valence-electron chi connectivity index (χ1n) is 13.1. The second kappa shape index (κ2) is 11.0. The Bertz CT molecular complexity index is 1650. The van der Waals surface area contributed by atoms with Gasteiger partial charge in [0.25, 0.3) is 5.56 Å². The monoisotopic (exact) mass is 544 g/mol. The molecular formula is C29H30F2N8O. The van der Waals surface area contributed by atoms with Crippen molar-refractivity contribution in [2.75, 3.05) is 37.4 Å². The van der Waals surface area contributed by atoms with Gasteiger partial charge in [-0.1, -0.05) is 0 Å². The van der Waals surface area contributed by atoms with Gasteiger partial charge >= 0.3 is 0 Å². The van der Waals surface area contributed by atoms with Gasteiger partial charge < -0.3 is 19.7 Å². The van der Waals surface area contributed by atoms with E-state index in [4.69, 9.17) is 0 Å². The average molecular weight is 545 g/mol. The van der Waals surface area contributed by atoms with Gasteiger partial charge in [-0.05, 0) is 71.1 Å². The molecule has 9 nitrogen and oxygen atoms in total. The lowest BCUT2D eigenvalue weighted by Gasteiger charge is -2.36. The summed E-state index contributed by atoms with van der Waals surface area (Å²) < 4.78 is 31.5. The van der Waals surface area contributed by atoms with Gasteiger partial charge in [0.1, 0.15) is 29.0 Å². The van der Waals surface area contributed by atoms with Crippen molar-refractivity contribution in [1.29, 1.82) is 5.26 Å². The van der Waals surface area contributed by atoms with Crippen LogP contribution in [0.25, 0.3) is 22.2 Å². The van der Waals surface area contributed by atoms with Crippen molar-refractivity contribution < 1.29 is 8.78 Å². The molecule has 1 saturated heterocycles. The van der Waals surface area contributed by atoms with Gasteiger partial charge in [-0.3, -0.25) is 4.79 Å². The van der Waals surface area contributed by atoms with Crippen LogP contribution in [0.15, 0.2) is 47.5 Å². The van der Waals surface area contributed by atoms with E-state index in [1.165, 1.54) is 16.7 Å². The van der Waals surface area contributed by atoms with Gasteiger partial charge in [-0.25, -0.2) is 23.7 Å². The predicted molar refractivity (Wildman–Crippen MR) is 151 cm³/mol. The summed E-state index contributed by atoms with van der Waals surface area (Å²) in [4.78, 5) is 30.2. The number of rotatable bonds is 6. The second-order valence-corrected chi connectivity index (χ2v) is 10.4. The van der Waals surface area contributed by atoms with Gasteiger partial charge in [0, 0.05) is 36.1 Å². The van der Waals surface area contributed by atoms with E-state index in [1.807, 2.05) is 18.2 Å². The molecule has 5 rings (SSSR count). The predicted octanol–water partition coefficient (Wildman–Crippen LogP) is 4.86. The van der Waals surface area contributed by atoms with E-state index in [1.54, 1.807) is 20.0 Å². The first kappa shape index (κ1) is 27.1. The molecule has 1 fully saturated rings. The highest BCUT2D eigenvalue weighted by molar-refractivity contribution is 5.86. The van der Waals surface area contributed by atoms with E-state index in [-0.39, 0.29) is 39.7 Å². The Balaban J connectivity index is 1.43. The summed E-state index contributed by atoms with van der Waals surface area (Å²) in [5.74, 6) is -0.879. The summed E-state index contributed by atoms with van der Waals surface area (Å²) in [7, 11) is 4.22. The number of nitriles is 1. The fourth-order valence-electron chi connectivity index (χ4n) is 5.15. The van der Waals surface area contributed by atoms with Crippen LogP contribution in [0.2, 0.25) is 0 Å². The van der Waals surface area contributed by atoms with Crippen LogP contribution in [0, 0.1) is 23.0 Å². The molecule has 1 N–H and O–H groups in total. The molecule has 0 bridgehead atoms. The maximum absolute atomic E-state index is 15.2. The van der Waals surface area contributed by atoms with E-state index in [2.05, 4.69) is 44.2 Å². The van der Waals surface area contributed by atoms with Crippen molar-refractivity contribution >= 4 is 28.4 Å². The summed E-state index contributed by atoms with van der Waals surface area (Å²) in [6, 6.07) is 9.68. The molecule has 1 aromatic carbocycles. The first-order valence-corrected chi connectivity index (χ1v) is 13.1. The minimum absolute atomic E-state index is 0.0880. The fourth-order valence-corrected chi connectivity index (χ4v) is 5.15. The van der Waals surface area contributed by atoms with Crippen LogP contribution in [0.4, 0.5) is 26.2 Å². The van der Waals surface area contributed by atoms with E-state index in [9.17, 15) is 14.4 Å². The third-order valence-electron chi connectivity index (χ3n) is 7.31. The fraction of sp³-hybridized carbons (Fsp3) is 0.345. The van der Waals surface area contributed by atoms with Crippen LogP contribution in [-0.2, 0) is 0 Å². The number of anilines is 3. The number of nitrogens with zero attached hydrogens (tertiary/aromatic N) is 7. The van der Waals surface area contributed by atoms with Crippen molar-refractivity contribution in [3.8, 4) is 17.3 Å². The highest BCUT2D eigenvalue weighted by atomic mass is 19.1. The Morgan fingerprint density at radius 1 is 1.07 bits per heavy atom. The van der Waals surface area contributed by atoms with E-state index < -0.39 is 17.2 Å². The van der Waals surface area contributed by atoms with Gasteiger partial charge in [-0.15, -0.1) is 0 Å². The molecule has 4 heterocycles. The van der Waals surface area contributed by atoms with Crippen LogP contribution in [-0.4, -0.2) is 57.6 Å². The molecule has 0 spiro atoms. The quantitative estimate of drug-likeness (QED) is 0.367. The Labute approximate surface area is 230 Å². The summed E-state index contributed by atoms with van der Waals surface area (Å²) >= 11 is 0. The Morgan fingerprint density at radius 2 is 1.82 bits per heavy atom. The number of nitrogens with one attached hydrogen (secondary N) is 1. The minimum Gasteiger partial charge on any atom is -0.370 e. The lowest BCUT2D eigenvalue weighted by molar-refractivity contribution is 0.249. The number of piperidine rings is 1. The van der Waals surface area contributed by atoms with Crippen molar-refractivity contribution in [1.82, 2.24) is 24.4 Å². The molecule has 0 atom stereocenters. The number of hydrogen-bond donors (Lipinski definition) is 1. The van der Waals surface area contributed by atoms with Crippen LogP contribution in [0.3, 0.4) is 0 Å². The molecule has 0 unspecified atom stereocenters. The third-order valence-corrected chi connectivity index (χ3v) is 7.31. The lowest BCUT2D eigenvalue weighted by atomic mass is 10.0. The van der Waals surface area contributed by atoms with Crippen LogP contribution >= 0.6 is 0 Å². The zero-order chi connectivity index (χ0) is 28.6. The normalized spacial score (nSPS) is 14.2. The van der Waals surface area contributed by atoms with E-state index in [0.717, 1.165) is 43.9 Å². The molecular weight excluding hydrogens is 514 g/mol. The SMILES string of the molecule is CC(C)n1c(=O)c(C#N)cc2c(F)cc(-c3nc(Nc4ccc(N5CCC(N(C)C)CC5)cn4)ncc3F)cc21. The Hall–Kier alpha value is -4.43. The smallest absolute Gasteiger partial charge is 0.269 e. The van der Waals surface area contributed by atoms with Crippen molar-refractivity contribution in [2.45, 2.75) is 38.8 Å². The summed E-state index contributed by atoms with van der Waals surface area (Å²) in [5.41, 5.74) is 0.564. The number of benzene rings is 1. The zero-order valence-corrected chi connectivity index (χ0v) is 22.8. The maximum atomic E-state index is 15.2. The molecule has 0 aliphatic carbocycles. The third kappa shape index (κ3) is 5.22. The van der Waals surface area contributed by atoms with Crippen LogP contribution in [0.1, 0.15) is 38.3 Å². The zero-order valence-electron chi connectivity index (χ0n) is 22.8. The summed E-state index contributed by atoms with van der Waals surface area (Å²) in [6.07, 6.45) is 4.95. The molecule has 3 aromatic heterocycles. The molecule has 4 aromatic rings. The van der Waals surface area contributed by atoms with Crippen LogP contribution in [0.5, 0.6) is 0 Å². The number of halogens is 2. The van der Waals surface area contributed by atoms with E-state index in [0.29, 0.717) is 11.9 Å². The number of aromatic nitrogens is 4. The topological polar surface area (TPSA) is 103 Å². The van der Waals surface area contributed by atoms with E-state index >= 15 is 4.39 Å². The lowest BCUT2D eigenvalue weighted by Crippen LogP contribution is -2.42. The number of pyridine rings is 2. The average Bonchev–Trinajstić information content (AvgIpc) is 2.94. The Morgan fingerprint density at radius 3 is 2.45 bits per heavy atom. The van der Waals surface area contributed by atoms with Crippen LogP contribution < -0.4 is 15.8 Å². The van der Waals surface area contributed by atoms with Crippen molar-refractivity contribution in [2.24, 2.45) is 0 Å². The standard InChI is InChI=1S/C29H30F2N8O/c1-17(2)39-25-13-18(12-23(30)22(25)11-19(14-32)28(39)40)27-24(31)16-34-29(36-27)35-26-6-5-21(15-33-26)38-9-7-20(8-10-38)37(3)4/h5-6,11-13,15-17,20H,7-10H2,1-4H3,(H,33,34,35,36).